The maximum absolute atomic E-state index is 13.5. The quantitative estimate of drug-likeness (QED) is 0.852. The van der Waals surface area contributed by atoms with Gasteiger partial charge in [-0.3, -0.25) is 4.79 Å². The molecule has 0 spiro atoms. The van der Waals surface area contributed by atoms with Gasteiger partial charge in [0.15, 0.2) is 18.2 Å². The molecular weight excluding hydrogens is 321 g/mol. The Morgan fingerprint density at radius 1 is 1.30 bits per heavy atom. The zero-order chi connectivity index (χ0) is 16.8. The fraction of sp³-hybridized carbons (Fsp3) is 0.235. The molecule has 1 unspecified atom stereocenters. The molecule has 2 aromatic carbocycles. The summed E-state index contributed by atoms with van der Waals surface area (Å²) in [4.78, 5) is 11.9. The van der Waals surface area contributed by atoms with Crippen molar-refractivity contribution in [3.63, 3.8) is 0 Å². The van der Waals surface area contributed by atoms with E-state index in [1.807, 2.05) is 0 Å². The standard InChI is InChI=1S/C17H17ClFNO3/c1-11-2-7-14(19)16(8-11)23-10-17(22)20-15(9-21)12-3-5-13(18)6-4-12/h2-8,15,21H,9-10H2,1H3,(H,20,22). The van der Waals surface area contributed by atoms with Gasteiger partial charge in [-0.1, -0.05) is 29.8 Å². The van der Waals surface area contributed by atoms with Crippen molar-refractivity contribution >= 4 is 17.5 Å². The Morgan fingerprint density at radius 3 is 2.65 bits per heavy atom. The Hall–Kier alpha value is -2.11. The summed E-state index contributed by atoms with van der Waals surface area (Å²) in [5, 5.41) is 12.6. The number of hydrogen-bond donors (Lipinski definition) is 2. The van der Waals surface area contributed by atoms with Crippen LogP contribution >= 0.6 is 11.6 Å². The molecule has 1 amide bonds. The zero-order valence-electron chi connectivity index (χ0n) is 12.6. The van der Waals surface area contributed by atoms with E-state index in [1.165, 1.54) is 12.1 Å². The Morgan fingerprint density at radius 2 is 2.00 bits per heavy atom. The summed E-state index contributed by atoms with van der Waals surface area (Å²) in [5.74, 6) is -0.966. The summed E-state index contributed by atoms with van der Waals surface area (Å²) in [6, 6.07) is 10.6. The van der Waals surface area contributed by atoms with Crippen LogP contribution < -0.4 is 10.1 Å². The molecule has 0 aromatic heterocycles. The lowest BCUT2D eigenvalue weighted by Crippen LogP contribution is -2.34. The lowest BCUT2D eigenvalue weighted by molar-refractivity contribution is -0.124. The molecule has 23 heavy (non-hydrogen) atoms. The molecule has 122 valence electrons. The molecule has 2 rings (SSSR count). The largest absolute Gasteiger partial charge is 0.481 e. The first-order valence-corrected chi connectivity index (χ1v) is 7.42. The zero-order valence-corrected chi connectivity index (χ0v) is 13.3. The molecular formula is C17H17ClFNO3. The van der Waals surface area contributed by atoms with E-state index in [2.05, 4.69) is 5.32 Å². The molecule has 4 nitrogen and oxygen atoms in total. The van der Waals surface area contributed by atoms with Gasteiger partial charge >= 0.3 is 0 Å². The first-order chi connectivity index (χ1) is 11.0. The van der Waals surface area contributed by atoms with Crippen LogP contribution in [0.5, 0.6) is 5.75 Å². The van der Waals surface area contributed by atoms with Gasteiger partial charge in [0, 0.05) is 5.02 Å². The number of rotatable bonds is 6. The molecule has 2 N–H and O–H groups in total. The van der Waals surface area contributed by atoms with Gasteiger partial charge in [0.1, 0.15) is 0 Å². The van der Waals surface area contributed by atoms with Crippen molar-refractivity contribution in [2.45, 2.75) is 13.0 Å². The minimum Gasteiger partial charge on any atom is -0.481 e. The van der Waals surface area contributed by atoms with E-state index >= 15 is 0 Å². The van der Waals surface area contributed by atoms with E-state index in [1.54, 1.807) is 37.3 Å². The first kappa shape index (κ1) is 17.2. The Labute approximate surface area is 138 Å². The second-order valence-electron chi connectivity index (χ2n) is 5.08. The van der Waals surface area contributed by atoms with E-state index < -0.39 is 17.8 Å². The lowest BCUT2D eigenvalue weighted by atomic mass is 10.1. The van der Waals surface area contributed by atoms with Gasteiger partial charge < -0.3 is 15.2 Å². The third-order valence-electron chi connectivity index (χ3n) is 3.24. The first-order valence-electron chi connectivity index (χ1n) is 7.04. The highest BCUT2D eigenvalue weighted by Crippen LogP contribution is 2.19. The molecule has 2 aromatic rings. The number of aryl methyl sites for hydroxylation is 1. The molecule has 0 saturated heterocycles. The highest BCUT2D eigenvalue weighted by molar-refractivity contribution is 6.30. The number of benzene rings is 2. The number of ether oxygens (including phenoxy) is 1. The van der Waals surface area contributed by atoms with Crippen LogP contribution in [0.1, 0.15) is 17.2 Å². The predicted molar refractivity (Wildman–Crippen MR) is 86.1 cm³/mol. The fourth-order valence-corrected chi connectivity index (χ4v) is 2.16. The number of amides is 1. The number of hydrogen-bond acceptors (Lipinski definition) is 3. The minimum atomic E-state index is -0.578. The summed E-state index contributed by atoms with van der Waals surface area (Å²) in [5.41, 5.74) is 1.54. The van der Waals surface area contributed by atoms with Gasteiger partial charge in [-0.25, -0.2) is 4.39 Å². The van der Waals surface area contributed by atoms with Crippen molar-refractivity contribution < 1.29 is 19.0 Å². The average Bonchev–Trinajstić information content (AvgIpc) is 2.54. The maximum atomic E-state index is 13.5. The summed E-state index contributed by atoms with van der Waals surface area (Å²) < 4.78 is 18.7. The van der Waals surface area contributed by atoms with Crippen LogP contribution in [0, 0.1) is 12.7 Å². The average molecular weight is 338 g/mol. The highest BCUT2D eigenvalue weighted by atomic mass is 35.5. The second kappa shape index (κ2) is 7.94. The molecule has 0 bridgehead atoms. The van der Waals surface area contributed by atoms with Crippen LogP contribution in [0.2, 0.25) is 5.02 Å². The minimum absolute atomic E-state index is 0.0205. The number of halogens is 2. The van der Waals surface area contributed by atoms with Crippen LogP contribution in [-0.4, -0.2) is 24.2 Å². The highest BCUT2D eigenvalue weighted by Gasteiger charge is 2.14. The summed E-state index contributed by atoms with van der Waals surface area (Å²) in [6.07, 6.45) is 0. The van der Waals surface area contributed by atoms with E-state index in [-0.39, 0.29) is 19.0 Å². The Balaban J connectivity index is 1.95. The predicted octanol–water partition coefficient (Wildman–Crippen LogP) is 3.02. The van der Waals surface area contributed by atoms with Crippen molar-refractivity contribution in [3.05, 3.63) is 64.4 Å². The van der Waals surface area contributed by atoms with Gasteiger partial charge in [0.05, 0.1) is 12.6 Å². The van der Waals surface area contributed by atoms with E-state index in [0.717, 1.165) is 5.56 Å². The van der Waals surface area contributed by atoms with Crippen LogP contribution in [0.4, 0.5) is 4.39 Å². The van der Waals surface area contributed by atoms with Crippen LogP contribution in [-0.2, 0) is 4.79 Å². The maximum Gasteiger partial charge on any atom is 0.258 e. The summed E-state index contributed by atoms with van der Waals surface area (Å²) >= 11 is 5.81. The van der Waals surface area contributed by atoms with Crippen molar-refractivity contribution in [1.29, 1.82) is 0 Å². The van der Waals surface area contributed by atoms with Crippen molar-refractivity contribution in [1.82, 2.24) is 5.32 Å². The number of nitrogens with one attached hydrogen (secondary N) is 1. The van der Waals surface area contributed by atoms with Gasteiger partial charge in [0.2, 0.25) is 0 Å². The van der Waals surface area contributed by atoms with Crippen molar-refractivity contribution in [3.8, 4) is 5.75 Å². The summed E-state index contributed by atoms with van der Waals surface area (Å²) in [7, 11) is 0. The van der Waals surface area contributed by atoms with Gasteiger partial charge in [0.25, 0.3) is 5.91 Å². The summed E-state index contributed by atoms with van der Waals surface area (Å²) in [6.45, 7) is 1.19. The van der Waals surface area contributed by atoms with E-state index in [4.69, 9.17) is 16.3 Å². The monoisotopic (exact) mass is 337 g/mol. The van der Waals surface area contributed by atoms with Gasteiger partial charge in [-0.15, -0.1) is 0 Å². The Bertz CT molecular complexity index is 676. The topological polar surface area (TPSA) is 58.6 Å². The van der Waals surface area contributed by atoms with Crippen molar-refractivity contribution in [2.24, 2.45) is 0 Å². The van der Waals surface area contributed by atoms with Crippen molar-refractivity contribution in [2.75, 3.05) is 13.2 Å². The van der Waals surface area contributed by atoms with E-state index in [0.29, 0.717) is 10.6 Å². The van der Waals surface area contributed by atoms with E-state index in [9.17, 15) is 14.3 Å². The second-order valence-corrected chi connectivity index (χ2v) is 5.51. The Kier molecular flexibility index (Phi) is 5.96. The number of carbonyl (C=O) groups is 1. The lowest BCUT2D eigenvalue weighted by Gasteiger charge is -2.17. The third kappa shape index (κ3) is 4.94. The molecule has 0 radical (unpaired) electrons. The van der Waals surface area contributed by atoms with Crippen LogP contribution in [0.3, 0.4) is 0 Å². The van der Waals surface area contributed by atoms with Crippen LogP contribution in [0.15, 0.2) is 42.5 Å². The van der Waals surface area contributed by atoms with Gasteiger partial charge in [-0.05, 0) is 42.3 Å². The molecule has 0 fully saturated rings. The number of carbonyl (C=O) groups excluding carboxylic acids is 1. The third-order valence-corrected chi connectivity index (χ3v) is 3.49. The van der Waals surface area contributed by atoms with Gasteiger partial charge in [-0.2, -0.15) is 0 Å². The molecule has 1 atom stereocenters. The molecule has 6 heteroatoms. The number of aliphatic hydroxyl groups is 1. The fourth-order valence-electron chi connectivity index (χ4n) is 2.03. The smallest absolute Gasteiger partial charge is 0.258 e. The molecule has 0 aliphatic carbocycles. The SMILES string of the molecule is Cc1ccc(F)c(OCC(=O)NC(CO)c2ccc(Cl)cc2)c1. The van der Waals surface area contributed by atoms with Crippen LogP contribution in [0.25, 0.3) is 0 Å². The normalized spacial score (nSPS) is 11.8. The molecule has 0 heterocycles. The molecule has 0 aliphatic rings. The number of aliphatic hydroxyl groups excluding tert-OH is 1. The molecule has 0 saturated carbocycles. The molecule has 0 aliphatic heterocycles.